The molecule has 0 bridgehead atoms. The van der Waals surface area contributed by atoms with E-state index in [1.165, 1.54) is 44.9 Å². The van der Waals surface area contributed by atoms with E-state index in [0.29, 0.717) is 5.78 Å². The van der Waals surface area contributed by atoms with Crippen LogP contribution < -0.4 is 0 Å². The van der Waals surface area contributed by atoms with Crippen LogP contribution >= 0.6 is 11.1 Å². The van der Waals surface area contributed by atoms with Crippen molar-refractivity contribution in [3.8, 4) is 24.7 Å². The lowest BCUT2D eigenvalue weighted by molar-refractivity contribution is -0.119. The van der Waals surface area contributed by atoms with Gasteiger partial charge >= 0.3 is 0 Å². The molecule has 0 aromatic rings. The SMILES string of the molecule is C#CC(=O)C#C.CCCCCCC(=O)C(CCCCCC)[Si](C)(C)Cl. The molecule has 0 amide bonds. The number of terminal acetylenes is 2. The van der Waals surface area contributed by atoms with E-state index in [0.717, 1.165) is 19.3 Å². The minimum absolute atomic E-state index is 0.174. The van der Waals surface area contributed by atoms with Crippen molar-refractivity contribution in [2.75, 3.05) is 0 Å². The van der Waals surface area contributed by atoms with Crippen LogP contribution in [0.1, 0.15) is 78.1 Å². The summed E-state index contributed by atoms with van der Waals surface area (Å²) in [5.74, 6) is 3.32. The average molecular weight is 383 g/mol. The van der Waals surface area contributed by atoms with Crippen LogP contribution in [0, 0.1) is 24.7 Å². The Balaban J connectivity index is 0. The van der Waals surface area contributed by atoms with E-state index >= 15 is 0 Å². The quantitative estimate of drug-likeness (QED) is 0.134. The van der Waals surface area contributed by atoms with Gasteiger partial charge in [-0.15, -0.1) is 12.8 Å². The van der Waals surface area contributed by atoms with Gasteiger partial charge in [0.15, 0.2) is 7.38 Å². The highest BCUT2D eigenvalue weighted by Crippen LogP contribution is 2.33. The number of hydrogen-bond acceptors (Lipinski definition) is 2. The molecule has 142 valence electrons. The van der Waals surface area contributed by atoms with Crippen molar-refractivity contribution in [1.29, 1.82) is 0 Å². The first-order chi connectivity index (χ1) is 11.7. The molecule has 0 aromatic heterocycles. The number of carbonyl (C=O) groups is 2. The minimum atomic E-state index is -1.86. The van der Waals surface area contributed by atoms with Crippen molar-refractivity contribution in [3.63, 3.8) is 0 Å². The first-order valence-electron chi connectivity index (χ1n) is 9.43. The highest BCUT2D eigenvalue weighted by atomic mass is 35.6. The lowest BCUT2D eigenvalue weighted by Gasteiger charge is -2.25. The molecule has 4 heteroatoms. The molecular weight excluding hydrogens is 348 g/mol. The number of hydrogen-bond donors (Lipinski definition) is 0. The number of unbranched alkanes of at least 4 members (excludes halogenated alkanes) is 6. The number of rotatable bonds is 12. The molecule has 0 saturated carbocycles. The Morgan fingerprint density at radius 2 is 1.40 bits per heavy atom. The van der Waals surface area contributed by atoms with Gasteiger partial charge in [0.05, 0.1) is 0 Å². The fourth-order valence-corrected chi connectivity index (χ4v) is 5.10. The van der Waals surface area contributed by atoms with Crippen LogP contribution in [0.2, 0.25) is 18.6 Å². The monoisotopic (exact) mass is 382 g/mol. The molecule has 2 nitrogen and oxygen atoms in total. The molecule has 0 aromatic carbocycles. The zero-order valence-corrected chi connectivity index (χ0v) is 18.3. The third kappa shape index (κ3) is 16.2. The maximum absolute atomic E-state index is 12.4. The summed E-state index contributed by atoms with van der Waals surface area (Å²) in [6.45, 7) is 8.68. The molecule has 0 aliphatic heterocycles. The molecular formula is C21H35ClO2Si. The Labute approximate surface area is 161 Å². The molecule has 0 saturated heterocycles. The first-order valence-corrected chi connectivity index (χ1v) is 13.5. The third-order valence-corrected chi connectivity index (χ3v) is 7.16. The lowest BCUT2D eigenvalue weighted by Crippen LogP contribution is -2.31. The van der Waals surface area contributed by atoms with Gasteiger partial charge in [-0.25, -0.2) is 0 Å². The molecule has 0 spiro atoms. The second kappa shape index (κ2) is 16.4. The molecule has 25 heavy (non-hydrogen) atoms. The van der Waals surface area contributed by atoms with E-state index in [-0.39, 0.29) is 5.54 Å². The molecule has 1 atom stereocenters. The Morgan fingerprint density at radius 3 is 1.76 bits per heavy atom. The zero-order valence-electron chi connectivity index (χ0n) is 16.5. The van der Waals surface area contributed by atoms with Gasteiger partial charge < -0.3 is 0 Å². The molecule has 1 unspecified atom stereocenters. The van der Waals surface area contributed by atoms with Crippen molar-refractivity contribution in [2.45, 2.75) is 96.7 Å². The smallest absolute Gasteiger partial charge is 0.278 e. The van der Waals surface area contributed by atoms with Crippen LogP contribution in [0.5, 0.6) is 0 Å². The van der Waals surface area contributed by atoms with Crippen LogP contribution in [-0.2, 0) is 9.59 Å². The fourth-order valence-electron chi connectivity index (χ4n) is 2.60. The largest absolute Gasteiger partial charge is 0.300 e. The van der Waals surface area contributed by atoms with Crippen molar-refractivity contribution < 1.29 is 9.59 Å². The van der Waals surface area contributed by atoms with Crippen LogP contribution in [0.25, 0.3) is 0 Å². The Hall–Kier alpha value is -1.03. The zero-order chi connectivity index (χ0) is 19.7. The summed E-state index contributed by atoms with van der Waals surface area (Å²) in [6, 6.07) is 0. The predicted molar refractivity (Wildman–Crippen MR) is 112 cm³/mol. The van der Waals surface area contributed by atoms with Crippen molar-refractivity contribution in [1.82, 2.24) is 0 Å². The van der Waals surface area contributed by atoms with E-state index < -0.39 is 13.2 Å². The molecule has 0 N–H and O–H groups in total. The van der Waals surface area contributed by atoms with E-state index in [4.69, 9.17) is 11.1 Å². The highest BCUT2D eigenvalue weighted by Gasteiger charge is 2.34. The van der Waals surface area contributed by atoms with E-state index in [1.54, 1.807) is 11.8 Å². The van der Waals surface area contributed by atoms with Gasteiger partial charge in [0.1, 0.15) is 5.78 Å². The molecule has 0 heterocycles. The van der Waals surface area contributed by atoms with E-state index in [1.807, 2.05) is 0 Å². The van der Waals surface area contributed by atoms with Gasteiger partial charge in [-0.1, -0.05) is 71.9 Å². The van der Waals surface area contributed by atoms with Crippen molar-refractivity contribution in [3.05, 3.63) is 0 Å². The summed E-state index contributed by atoms with van der Waals surface area (Å²) in [4.78, 5) is 22.1. The topological polar surface area (TPSA) is 34.1 Å². The van der Waals surface area contributed by atoms with Crippen molar-refractivity contribution in [2.24, 2.45) is 0 Å². The summed E-state index contributed by atoms with van der Waals surface area (Å²) >= 11 is 6.57. The van der Waals surface area contributed by atoms with Crippen LogP contribution in [0.4, 0.5) is 0 Å². The number of Topliss-reactive ketones (excluding diaryl/α,β-unsaturated/α-hetero) is 2. The summed E-state index contributed by atoms with van der Waals surface area (Å²) in [5, 5.41) is 0. The van der Waals surface area contributed by atoms with Crippen LogP contribution in [0.15, 0.2) is 0 Å². The third-order valence-electron chi connectivity index (χ3n) is 4.10. The van der Waals surface area contributed by atoms with E-state index in [2.05, 4.69) is 39.8 Å². The maximum atomic E-state index is 12.4. The maximum Gasteiger partial charge on any atom is 0.278 e. The molecule has 0 radical (unpaired) electrons. The van der Waals surface area contributed by atoms with Gasteiger partial charge in [-0.3, -0.25) is 9.59 Å². The Kier molecular flexibility index (Phi) is 17.2. The van der Waals surface area contributed by atoms with E-state index in [9.17, 15) is 9.59 Å². The van der Waals surface area contributed by atoms with Gasteiger partial charge in [-0.05, 0) is 24.7 Å². The van der Waals surface area contributed by atoms with Crippen molar-refractivity contribution >= 4 is 30.0 Å². The summed E-state index contributed by atoms with van der Waals surface area (Å²) in [5.41, 5.74) is 0.174. The minimum Gasteiger partial charge on any atom is -0.300 e. The lowest BCUT2D eigenvalue weighted by atomic mass is 10.0. The van der Waals surface area contributed by atoms with Gasteiger partial charge in [0.25, 0.3) is 5.78 Å². The Bertz CT molecular complexity index is 436. The standard InChI is InChI=1S/C16H33ClOSi.C5H2O/c1-5-7-9-11-13-15(18)16(19(3,4)17)14-12-10-8-6-2;1-3-5(6)4-2/h16H,5-14H2,1-4H3;1-2H. The van der Waals surface area contributed by atoms with Gasteiger partial charge in [0, 0.05) is 12.0 Å². The first kappa shape index (κ1) is 26.2. The van der Waals surface area contributed by atoms with Gasteiger partial charge in [0.2, 0.25) is 0 Å². The summed E-state index contributed by atoms with van der Waals surface area (Å²) < 4.78 is 0. The summed E-state index contributed by atoms with van der Waals surface area (Å²) in [6.07, 6.45) is 20.5. The number of ketones is 2. The fraction of sp³-hybridized carbons (Fsp3) is 0.714. The van der Waals surface area contributed by atoms with Crippen LogP contribution in [0.3, 0.4) is 0 Å². The summed E-state index contributed by atoms with van der Waals surface area (Å²) in [7, 11) is -1.86. The number of halogens is 1. The molecule has 0 fully saturated rings. The van der Waals surface area contributed by atoms with Crippen LogP contribution in [-0.4, -0.2) is 19.0 Å². The normalized spacial score (nSPS) is 11.5. The predicted octanol–water partition coefficient (Wildman–Crippen LogP) is 6.13. The number of carbonyl (C=O) groups excluding carboxylic acids is 2. The molecule has 0 rings (SSSR count). The molecule has 0 aliphatic carbocycles. The second-order valence-corrected chi connectivity index (χ2v) is 13.6. The second-order valence-electron chi connectivity index (χ2n) is 6.86. The average Bonchev–Trinajstić information content (AvgIpc) is 2.57. The van der Waals surface area contributed by atoms with Gasteiger partial charge in [-0.2, -0.15) is 11.1 Å². The highest BCUT2D eigenvalue weighted by molar-refractivity contribution is 7.21. The molecule has 0 aliphatic rings. The Morgan fingerprint density at radius 1 is 0.920 bits per heavy atom.